The van der Waals surface area contributed by atoms with Crippen LogP contribution in [-0.4, -0.2) is 5.78 Å². The van der Waals surface area contributed by atoms with Gasteiger partial charge in [0.2, 0.25) is 0 Å². The fourth-order valence-electron chi connectivity index (χ4n) is 2.12. The van der Waals surface area contributed by atoms with Gasteiger partial charge in [-0.05, 0) is 24.5 Å². The molecule has 13 heavy (non-hydrogen) atoms. The lowest BCUT2D eigenvalue weighted by molar-refractivity contribution is -0.122. The van der Waals surface area contributed by atoms with Crippen LogP contribution in [0.25, 0.3) is 0 Å². The number of fused-ring (bicyclic) bond motifs is 1. The van der Waals surface area contributed by atoms with Gasteiger partial charge in [0.15, 0.2) is 0 Å². The molecule has 0 N–H and O–H groups in total. The van der Waals surface area contributed by atoms with Crippen molar-refractivity contribution in [3.63, 3.8) is 0 Å². The quantitative estimate of drug-likeness (QED) is 0.639. The maximum Gasteiger partial charge on any atom is 0.147 e. The highest BCUT2D eigenvalue weighted by Crippen LogP contribution is 2.38. The van der Waals surface area contributed by atoms with Crippen LogP contribution in [0.3, 0.4) is 0 Å². The van der Waals surface area contributed by atoms with Crippen LogP contribution in [0.5, 0.6) is 0 Å². The highest BCUT2D eigenvalue weighted by molar-refractivity contribution is 5.96. The van der Waals surface area contributed by atoms with E-state index in [-0.39, 0.29) is 5.41 Å². The largest absolute Gasteiger partial charge is 0.298 e. The molecule has 1 heteroatoms. The third kappa shape index (κ3) is 1.03. The predicted molar refractivity (Wildman–Crippen MR) is 52.8 cm³/mol. The second kappa shape index (κ2) is 2.69. The molecule has 1 atom stereocenters. The van der Waals surface area contributed by atoms with E-state index in [1.807, 2.05) is 12.1 Å². The first-order valence-corrected chi connectivity index (χ1v) is 4.80. The van der Waals surface area contributed by atoms with E-state index >= 15 is 0 Å². The smallest absolute Gasteiger partial charge is 0.147 e. The van der Waals surface area contributed by atoms with E-state index in [2.05, 4.69) is 26.0 Å². The molecule has 1 aromatic rings. The number of carbonyl (C=O) groups excluding carboxylic acids is 1. The van der Waals surface area contributed by atoms with Gasteiger partial charge in [0, 0.05) is 6.42 Å². The third-order valence-corrected chi connectivity index (χ3v) is 3.29. The molecule has 0 bridgehead atoms. The van der Waals surface area contributed by atoms with Gasteiger partial charge in [-0.2, -0.15) is 0 Å². The Bertz CT molecular complexity index is 354. The molecule has 0 heterocycles. The van der Waals surface area contributed by atoms with Gasteiger partial charge in [0.25, 0.3) is 0 Å². The fourth-order valence-corrected chi connectivity index (χ4v) is 2.12. The lowest BCUT2D eigenvalue weighted by atomic mass is 9.81. The number of benzene rings is 1. The minimum atomic E-state index is -0.212. The zero-order chi connectivity index (χ0) is 9.47. The van der Waals surface area contributed by atoms with E-state index in [0.29, 0.717) is 12.2 Å². The zero-order valence-corrected chi connectivity index (χ0v) is 8.13. The zero-order valence-electron chi connectivity index (χ0n) is 8.13. The Labute approximate surface area is 78.8 Å². The van der Waals surface area contributed by atoms with Crippen molar-refractivity contribution >= 4 is 5.78 Å². The van der Waals surface area contributed by atoms with Crippen LogP contribution in [0.15, 0.2) is 24.3 Å². The van der Waals surface area contributed by atoms with E-state index < -0.39 is 0 Å². The minimum Gasteiger partial charge on any atom is -0.298 e. The van der Waals surface area contributed by atoms with E-state index in [4.69, 9.17) is 0 Å². The lowest BCUT2D eigenvalue weighted by Crippen LogP contribution is -2.26. The Balaban J connectivity index is 2.59. The first-order chi connectivity index (χ1) is 6.18. The van der Waals surface area contributed by atoms with Crippen molar-refractivity contribution in [2.45, 2.75) is 32.1 Å². The predicted octanol–water partition coefficient (Wildman–Crippen LogP) is 2.48. The molecule has 0 saturated heterocycles. The summed E-state index contributed by atoms with van der Waals surface area (Å²) in [5.74, 6) is 0.371. The van der Waals surface area contributed by atoms with Crippen molar-refractivity contribution < 1.29 is 4.79 Å². The molecule has 0 saturated carbocycles. The van der Waals surface area contributed by atoms with Gasteiger partial charge in [-0.15, -0.1) is 0 Å². The van der Waals surface area contributed by atoms with Crippen LogP contribution in [-0.2, 0) is 16.6 Å². The van der Waals surface area contributed by atoms with Crippen LogP contribution in [0, 0.1) is 0 Å². The van der Waals surface area contributed by atoms with Gasteiger partial charge >= 0.3 is 0 Å². The average molecular weight is 174 g/mol. The van der Waals surface area contributed by atoms with Crippen molar-refractivity contribution in [2.24, 2.45) is 0 Å². The van der Waals surface area contributed by atoms with Crippen molar-refractivity contribution in [3.8, 4) is 0 Å². The molecule has 0 spiro atoms. The summed E-state index contributed by atoms with van der Waals surface area (Å²) in [5.41, 5.74) is 2.25. The maximum atomic E-state index is 11.8. The fraction of sp³-hybridized carbons (Fsp3) is 0.417. The Morgan fingerprint density at radius 3 is 2.77 bits per heavy atom. The van der Waals surface area contributed by atoms with Crippen molar-refractivity contribution in [1.82, 2.24) is 0 Å². The summed E-state index contributed by atoms with van der Waals surface area (Å²) in [6.45, 7) is 4.14. The van der Waals surface area contributed by atoms with Gasteiger partial charge < -0.3 is 0 Å². The molecular weight excluding hydrogens is 160 g/mol. The van der Waals surface area contributed by atoms with Crippen LogP contribution in [0.2, 0.25) is 0 Å². The van der Waals surface area contributed by atoms with Crippen molar-refractivity contribution in [2.75, 3.05) is 0 Å². The lowest BCUT2D eigenvalue weighted by Gasteiger charge is -2.21. The van der Waals surface area contributed by atoms with Crippen LogP contribution in [0.1, 0.15) is 31.4 Å². The summed E-state index contributed by atoms with van der Waals surface area (Å²) in [6.07, 6.45) is 1.53. The molecule has 0 amide bonds. The van der Waals surface area contributed by atoms with Crippen LogP contribution < -0.4 is 0 Å². The van der Waals surface area contributed by atoms with Gasteiger partial charge in [0.1, 0.15) is 5.78 Å². The average Bonchev–Trinajstić information content (AvgIpc) is 2.41. The molecule has 1 nitrogen and oxygen atoms in total. The minimum absolute atomic E-state index is 0.212. The Kier molecular flexibility index (Phi) is 1.76. The van der Waals surface area contributed by atoms with Crippen LogP contribution >= 0.6 is 0 Å². The van der Waals surface area contributed by atoms with E-state index in [1.165, 1.54) is 11.1 Å². The third-order valence-electron chi connectivity index (χ3n) is 3.29. The molecule has 0 fully saturated rings. The molecular formula is C12H14O. The van der Waals surface area contributed by atoms with E-state index in [9.17, 15) is 4.79 Å². The first-order valence-electron chi connectivity index (χ1n) is 4.80. The van der Waals surface area contributed by atoms with Gasteiger partial charge in [-0.25, -0.2) is 0 Å². The molecule has 0 aromatic heterocycles. The molecule has 1 unspecified atom stereocenters. The summed E-state index contributed by atoms with van der Waals surface area (Å²) in [5, 5.41) is 0. The van der Waals surface area contributed by atoms with E-state index in [1.54, 1.807) is 0 Å². The molecule has 68 valence electrons. The number of hydrogen-bond acceptors (Lipinski definition) is 1. The SMILES string of the molecule is CCC1(C)C(=O)Cc2ccccc21. The molecule has 1 aromatic carbocycles. The summed E-state index contributed by atoms with van der Waals surface area (Å²) in [6, 6.07) is 8.18. The number of ketones is 1. The number of carbonyl (C=O) groups is 1. The van der Waals surface area contributed by atoms with Crippen LogP contribution in [0.4, 0.5) is 0 Å². The second-order valence-corrected chi connectivity index (χ2v) is 3.94. The second-order valence-electron chi connectivity index (χ2n) is 3.94. The Morgan fingerprint density at radius 2 is 2.08 bits per heavy atom. The van der Waals surface area contributed by atoms with E-state index in [0.717, 1.165) is 6.42 Å². The number of hydrogen-bond donors (Lipinski definition) is 0. The molecule has 2 rings (SSSR count). The highest BCUT2D eigenvalue weighted by Gasteiger charge is 2.39. The summed E-state index contributed by atoms with van der Waals surface area (Å²) in [7, 11) is 0. The normalized spacial score (nSPS) is 26.2. The molecule has 1 aliphatic carbocycles. The summed E-state index contributed by atoms with van der Waals surface area (Å²) in [4.78, 5) is 11.8. The Morgan fingerprint density at radius 1 is 1.38 bits per heavy atom. The van der Waals surface area contributed by atoms with Gasteiger partial charge in [-0.1, -0.05) is 31.2 Å². The first kappa shape index (κ1) is 8.49. The highest BCUT2D eigenvalue weighted by atomic mass is 16.1. The van der Waals surface area contributed by atoms with Crippen molar-refractivity contribution in [3.05, 3.63) is 35.4 Å². The summed E-state index contributed by atoms with van der Waals surface area (Å²) < 4.78 is 0. The Hall–Kier alpha value is -1.11. The van der Waals surface area contributed by atoms with Gasteiger partial charge in [0.05, 0.1) is 5.41 Å². The standard InChI is InChI=1S/C12H14O/c1-3-12(2)10-7-5-4-6-9(10)8-11(12)13/h4-7H,3,8H2,1-2H3. The molecule has 1 aliphatic rings. The number of Topliss-reactive ketones (excluding diaryl/α,β-unsaturated/α-hetero) is 1. The monoisotopic (exact) mass is 174 g/mol. The molecule has 0 aliphatic heterocycles. The number of rotatable bonds is 1. The topological polar surface area (TPSA) is 17.1 Å². The van der Waals surface area contributed by atoms with Gasteiger partial charge in [-0.3, -0.25) is 4.79 Å². The van der Waals surface area contributed by atoms with Crippen molar-refractivity contribution in [1.29, 1.82) is 0 Å². The molecule has 0 radical (unpaired) electrons. The summed E-state index contributed by atoms with van der Waals surface area (Å²) >= 11 is 0. The maximum absolute atomic E-state index is 11.8.